The first kappa shape index (κ1) is 20.0. The van der Waals surface area contributed by atoms with Crippen LogP contribution in [0.4, 0.5) is 5.69 Å². The van der Waals surface area contributed by atoms with Crippen molar-refractivity contribution in [2.24, 2.45) is 11.8 Å². The summed E-state index contributed by atoms with van der Waals surface area (Å²) in [7, 11) is 0. The van der Waals surface area contributed by atoms with Crippen LogP contribution in [0.1, 0.15) is 61.6 Å². The Labute approximate surface area is 177 Å². The molecule has 4 nitrogen and oxygen atoms in total. The first-order valence-corrected chi connectivity index (χ1v) is 11.4. The molecular weight excluding hydrogens is 378 g/mol. The first-order valence-electron chi connectivity index (χ1n) is 10.5. The van der Waals surface area contributed by atoms with Gasteiger partial charge in [0.05, 0.1) is 10.2 Å². The molecule has 1 aliphatic rings. The highest BCUT2D eigenvalue weighted by Gasteiger charge is 2.24. The number of fused-ring (bicyclic) bond motifs is 1. The van der Waals surface area contributed by atoms with Gasteiger partial charge in [-0.15, -0.1) is 11.3 Å². The van der Waals surface area contributed by atoms with E-state index in [4.69, 9.17) is 4.98 Å². The van der Waals surface area contributed by atoms with Crippen LogP contribution in [0, 0.1) is 11.8 Å². The molecule has 29 heavy (non-hydrogen) atoms. The minimum absolute atomic E-state index is 0.0557. The second-order valence-corrected chi connectivity index (χ2v) is 9.76. The van der Waals surface area contributed by atoms with E-state index in [1.807, 2.05) is 24.5 Å². The standard InChI is InChI=1S/C24H29N3OS/c1-15(2)19-14-29-23-6-5-20(26-24(19)23)22(28)10-18-11-25-8-7-21(18)27-12-16(3)9-17(4)13-27/h5-8,11,14-17H,9-10,12-13H2,1-4H3/t16-,17+. The van der Waals surface area contributed by atoms with E-state index in [1.165, 1.54) is 12.0 Å². The van der Waals surface area contributed by atoms with Crippen LogP contribution in [-0.2, 0) is 6.42 Å². The van der Waals surface area contributed by atoms with E-state index in [0.29, 0.717) is 29.9 Å². The molecule has 1 aliphatic heterocycles. The van der Waals surface area contributed by atoms with E-state index in [1.54, 1.807) is 11.3 Å². The number of rotatable bonds is 5. The lowest BCUT2D eigenvalue weighted by Gasteiger charge is -2.37. The van der Waals surface area contributed by atoms with Crippen molar-refractivity contribution >= 4 is 33.0 Å². The smallest absolute Gasteiger partial charge is 0.185 e. The zero-order chi connectivity index (χ0) is 20.5. The van der Waals surface area contributed by atoms with Gasteiger partial charge in [-0.05, 0) is 53.3 Å². The van der Waals surface area contributed by atoms with Gasteiger partial charge in [0.1, 0.15) is 5.69 Å². The number of ketones is 1. The second kappa shape index (κ2) is 8.23. The summed E-state index contributed by atoms with van der Waals surface area (Å²) < 4.78 is 1.14. The maximum absolute atomic E-state index is 13.1. The first-order chi connectivity index (χ1) is 13.9. The third-order valence-electron chi connectivity index (χ3n) is 5.79. The zero-order valence-corrected chi connectivity index (χ0v) is 18.5. The fraction of sp³-hybridized carbons (Fsp3) is 0.458. The van der Waals surface area contributed by atoms with Crippen molar-refractivity contribution in [3.63, 3.8) is 0 Å². The summed E-state index contributed by atoms with van der Waals surface area (Å²) in [5, 5.41) is 2.16. The summed E-state index contributed by atoms with van der Waals surface area (Å²) in [6.07, 6.45) is 5.28. The van der Waals surface area contributed by atoms with Gasteiger partial charge in [0.25, 0.3) is 0 Å². The van der Waals surface area contributed by atoms with Crippen molar-refractivity contribution in [1.29, 1.82) is 0 Å². The molecule has 3 aromatic rings. The van der Waals surface area contributed by atoms with Gasteiger partial charge >= 0.3 is 0 Å². The average molecular weight is 408 g/mol. The van der Waals surface area contributed by atoms with Crippen LogP contribution < -0.4 is 4.90 Å². The molecule has 0 aromatic carbocycles. The van der Waals surface area contributed by atoms with Crippen molar-refractivity contribution in [2.45, 2.75) is 46.5 Å². The summed E-state index contributed by atoms with van der Waals surface area (Å²) in [6, 6.07) is 5.95. The Hall–Kier alpha value is -2.27. The van der Waals surface area contributed by atoms with Gasteiger partial charge in [0.2, 0.25) is 0 Å². The highest BCUT2D eigenvalue weighted by atomic mass is 32.1. The summed E-state index contributed by atoms with van der Waals surface area (Å²) in [5.41, 5.74) is 4.88. The molecule has 3 aromatic heterocycles. The molecule has 5 heteroatoms. The molecule has 0 aliphatic carbocycles. The monoisotopic (exact) mass is 407 g/mol. The molecule has 0 amide bonds. The van der Waals surface area contributed by atoms with Gasteiger partial charge < -0.3 is 4.90 Å². The number of nitrogens with zero attached hydrogens (tertiary/aromatic N) is 3. The molecule has 0 saturated carbocycles. The highest BCUT2D eigenvalue weighted by molar-refractivity contribution is 7.17. The van der Waals surface area contributed by atoms with E-state index in [2.05, 4.69) is 49.0 Å². The number of hydrogen-bond acceptors (Lipinski definition) is 5. The third-order valence-corrected chi connectivity index (χ3v) is 6.75. The zero-order valence-electron chi connectivity index (χ0n) is 17.7. The van der Waals surface area contributed by atoms with Crippen molar-refractivity contribution in [2.75, 3.05) is 18.0 Å². The van der Waals surface area contributed by atoms with Crippen LogP contribution >= 0.6 is 11.3 Å². The normalized spacial score (nSPS) is 19.8. The topological polar surface area (TPSA) is 46.1 Å². The lowest BCUT2D eigenvalue weighted by atomic mass is 9.91. The Balaban J connectivity index is 1.61. The number of aromatic nitrogens is 2. The molecule has 4 heterocycles. The molecule has 0 spiro atoms. The Morgan fingerprint density at radius 2 is 1.97 bits per heavy atom. The predicted octanol–water partition coefficient (Wildman–Crippen LogP) is 5.72. The Morgan fingerprint density at radius 1 is 1.21 bits per heavy atom. The number of carbonyl (C=O) groups is 1. The second-order valence-electron chi connectivity index (χ2n) is 8.84. The molecule has 1 fully saturated rings. The van der Waals surface area contributed by atoms with Crippen LogP contribution in [0.15, 0.2) is 36.0 Å². The lowest BCUT2D eigenvalue weighted by molar-refractivity contribution is 0.0988. The van der Waals surface area contributed by atoms with Gasteiger partial charge in [-0.25, -0.2) is 4.98 Å². The fourth-order valence-electron chi connectivity index (χ4n) is 4.48. The number of Topliss-reactive ketones (excluding diaryl/α,β-unsaturated/α-hetero) is 1. The van der Waals surface area contributed by atoms with Crippen molar-refractivity contribution in [3.8, 4) is 0 Å². The Kier molecular flexibility index (Phi) is 5.68. The highest BCUT2D eigenvalue weighted by Crippen LogP contribution is 2.31. The van der Waals surface area contributed by atoms with E-state index >= 15 is 0 Å². The summed E-state index contributed by atoms with van der Waals surface area (Å²) in [5.74, 6) is 1.77. The molecule has 0 N–H and O–H groups in total. The Morgan fingerprint density at radius 3 is 2.69 bits per heavy atom. The predicted molar refractivity (Wildman–Crippen MR) is 121 cm³/mol. The number of hydrogen-bond donors (Lipinski definition) is 0. The van der Waals surface area contributed by atoms with Gasteiger partial charge in [0.15, 0.2) is 5.78 Å². The van der Waals surface area contributed by atoms with Crippen molar-refractivity contribution in [1.82, 2.24) is 9.97 Å². The number of carbonyl (C=O) groups excluding carboxylic acids is 1. The maximum Gasteiger partial charge on any atom is 0.185 e. The molecule has 2 atom stereocenters. The Bertz CT molecular complexity index is 1020. The molecular formula is C24H29N3OS. The van der Waals surface area contributed by atoms with Crippen LogP contribution in [0.25, 0.3) is 10.2 Å². The van der Waals surface area contributed by atoms with E-state index in [9.17, 15) is 4.79 Å². The van der Waals surface area contributed by atoms with Crippen molar-refractivity contribution in [3.05, 3.63) is 52.8 Å². The molecule has 152 valence electrons. The van der Waals surface area contributed by atoms with E-state index in [0.717, 1.165) is 34.6 Å². The van der Waals surface area contributed by atoms with Gasteiger partial charge in [-0.1, -0.05) is 27.7 Å². The van der Waals surface area contributed by atoms with Gasteiger partial charge in [-0.2, -0.15) is 0 Å². The minimum atomic E-state index is 0.0557. The summed E-state index contributed by atoms with van der Waals surface area (Å²) in [6.45, 7) is 11.0. The summed E-state index contributed by atoms with van der Waals surface area (Å²) in [4.78, 5) is 24.6. The van der Waals surface area contributed by atoms with Crippen LogP contribution in [0.5, 0.6) is 0 Å². The quantitative estimate of drug-likeness (QED) is 0.507. The molecule has 1 saturated heterocycles. The fourth-order valence-corrected chi connectivity index (χ4v) is 5.54. The summed E-state index contributed by atoms with van der Waals surface area (Å²) >= 11 is 1.70. The maximum atomic E-state index is 13.1. The largest absolute Gasteiger partial charge is 0.371 e. The number of pyridine rings is 2. The van der Waals surface area contributed by atoms with Crippen LogP contribution in [-0.4, -0.2) is 28.8 Å². The number of piperidine rings is 1. The van der Waals surface area contributed by atoms with E-state index in [-0.39, 0.29) is 5.78 Å². The van der Waals surface area contributed by atoms with Gasteiger partial charge in [-0.3, -0.25) is 9.78 Å². The molecule has 0 radical (unpaired) electrons. The number of thiophene rings is 1. The SMILES string of the molecule is CC(C)c1csc2ccc(C(=O)Cc3cnccc3N3C[C@H](C)C[C@H](C)C3)nc12. The molecule has 0 bridgehead atoms. The van der Waals surface area contributed by atoms with Gasteiger partial charge in [0, 0.05) is 43.2 Å². The molecule has 4 rings (SSSR count). The lowest BCUT2D eigenvalue weighted by Crippen LogP contribution is -2.39. The molecule has 0 unspecified atom stereocenters. The van der Waals surface area contributed by atoms with Crippen LogP contribution in [0.3, 0.4) is 0 Å². The number of anilines is 1. The minimum Gasteiger partial charge on any atom is -0.371 e. The van der Waals surface area contributed by atoms with Crippen LogP contribution in [0.2, 0.25) is 0 Å². The van der Waals surface area contributed by atoms with Crippen molar-refractivity contribution < 1.29 is 4.79 Å². The van der Waals surface area contributed by atoms with E-state index < -0.39 is 0 Å². The average Bonchev–Trinajstić information content (AvgIpc) is 3.11. The third kappa shape index (κ3) is 4.20.